The highest BCUT2D eigenvalue weighted by molar-refractivity contribution is 7.89. The van der Waals surface area contributed by atoms with Gasteiger partial charge in [-0.15, -0.1) is 0 Å². The zero-order valence-electron chi connectivity index (χ0n) is 15.0. The van der Waals surface area contributed by atoms with Crippen LogP contribution in [-0.2, 0) is 14.8 Å². The molecular formula is C19H26N2O3S. The quantitative estimate of drug-likeness (QED) is 0.858. The minimum Gasteiger partial charge on any atom is -0.355 e. The lowest BCUT2D eigenvalue weighted by atomic mass is 10.1. The van der Waals surface area contributed by atoms with Gasteiger partial charge in [-0.1, -0.05) is 43.3 Å². The van der Waals surface area contributed by atoms with Gasteiger partial charge in [-0.25, -0.2) is 13.1 Å². The Labute approximate surface area is 150 Å². The van der Waals surface area contributed by atoms with E-state index in [1.807, 2.05) is 44.2 Å². The predicted octanol–water partition coefficient (Wildman–Crippen LogP) is 2.97. The molecule has 1 atom stereocenters. The van der Waals surface area contributed by atoms with Gasteiger partial charge in [0.1, 0.15) is 5.72 Å². The minimum atomic E-state index is -3.59. The van der Waals surface area contributed by atoms with Gasteiger partial charge in [0.05, 0.1) is 11.0 Å². The molecule has 0 radical (unpaired) electrons. The van der Waals surface area contributed by atoms with Gasteiger partial charge >= 0.3 is 0 Å². The fraction of sp³-hybridized carbons (Fsp3) is 0.474. The molecule has 6 heteroatoms. The van der Waals surface area contributed by atoms with Crippen LogP contribution in [-0.4, -0.2) is 44.8 Å². The Morgan fingerprint density at radius 2 is 1.92 bits per heavy atom. The lowest BCUT2D eigenvalue weighted by molar-refractivity contribution is -0.0734. The first kappa shape index (κ1) is 18.3. The van der Waals surface area contributed by atoms with Gasteiger partial charge < -0.3 is 4.74 Å². The molecule has 2 aromatic rings. The molecule has 3 rings (SSSR count). The molecule has 0 aromatic heterocycles. The maximum absolute atomic E-state index is 12.8. The first-order valence-corrected chi connectivity index (χ1v) is 10.2. The van der Waals surface area contributed by atoms with Crippen LogP contribution >= 0.6 is 0 Å². The summed E-state index contributed by atoms with van der Waals surface area (Å²) >= 11 is 0. The molecule has 25 heavy (non-hydrogen) atoms. The Bertz CT molecular complexity index is 843. The summed E-state index contributed by atoms with van der Waals surface area (Å²) in [6.07, 6.45) is 0.896. The number of benzene rings is 2. The normalized spacial score (nSPS) is 21.0. The lowest BCUT2D eigenvalue weighted by Gasteiger charge is -2.29. The van der Waals surface area contributed by atoms with Crippen LogP contribution in [0, 0.1) is 0 Å². The van der Waals surface area contributed by atoms with E-state index in [0.29, 0.717) is 4.90 Å². The molecule has 0 spiro atoms. The highest BCUT2D eigenvalue weighted by Crippen LogP contribution is 2.27. The number of fused-ring (bicyclic) bond motifs is 1. The van der Waals surface area contributed by atoms with Gasteiger partial charge in [0.25, 0.3) is 0 Å². The van der Waals surface area contributed by atoms with Crippen LogP contribution in [0.2, 0.25) is 0 Å². The standard InChI is InChI=1S/C19H26N2O3S/c1-4-12-21-14-16(24-19(21,2)3)13-20-25(22,23)18-11-7-9-15-8-5-6-10-17(15)18/h5-11,16,20H,4,12-14H2,1-3H3/t16-/m0/s1. The van der Waals surface area contributed by atoms with Crippen molar-refractivity contribution < 1.29 is 13.2 Å². The molecule has 1 aliphatic heterocycles. The molecule has 0 unspecified atom stereocenters. The van der Waals surface area contributed by atoms with Gasteiger partial charge in [-0.05, 0) is 31.7 Å². The average molecular weight is 362 g/mol. The number of nitrogens with zero attached hydrogens (tertiary/aromatic N) is 1. The number of hydrogen-bond acceptors (Lipinski definition) is 4. The minimum absolute atomic E-state index is 0.147. The highest BCUT2D eigenvalue weighted by Gasteiger charge is 2.38. The summed E-state index contributed by atoms with van der Waals surface area (Å²) in [4.78, 5) is 2.57. The van der Waals surface area contributed by atoms with Crippen molar-refractivity contribution in [3.63, 3.8) is 0 Å². The molecule has 2 aromatic carbocycles. The molecule has 1 saturated heterocycles. The number of ether oxygens (including phenoxy) is 1. The summed E-state index contributed by atoms with van der Waals surface area (Å²) in [5.74, 6) is 0. The van der Waals surface area contributed by atoms with Crippen LogP contribution in [0.3, 0.4) is 0 Å². The van der Waals surface area contributed by atoms with Crippen molar-refractivity contribution in [3.8, 4) is 0 Å². The zero-order valence-corrected chi connectivity index (χ0v) is 15.8. The largest absolute Gasteiger partial charge is 0.355 e. The summed E-state index contributed by atoms with van der Waals surface area (Å²) in [5, 5.41) is 1.65. The van der Waals surface area contributed by atoms with E-state index in [1.165, 1.54) is 0 Å². The van der Waals surface area contributed by atoms with E-state index in [9.17, 15) is 8.42 Å². The molecular weight excluding hydrogens is 336 g/mol. The third kappa shape index (κ3) is 3.87. The summed E-state index contributed by atoms with van der Waals surface area (Å²) in [7, 11) is -3.59. The first-order valence-electron chi connectivity index (χ1n) is 8.74. The van der Waals surface area contributed by atoms with Crippen LogP contribution in [0.25, 0.3) is 10.8 Å². The van der Waals surface area contributed by atoms with Crippen molar-refractivity contribution in [3.05, 3.63) is 42.5 Å². The lowest BCUT2D eigenvalue weighted by Crippen LogP contribution is -2.39. The first-order chi connectivity index (χ1) is 11.8. The summed E-state index contributed by atoms with van der Waals surface area (Å²) in [6.45, 7) is 8.14. The predicted molar refractivity (Wildman–Crippen MR) is 100.0 cm³/mol. The summed E-state index contributed by atoms with van der Waals surface area (Å²) < 4.78 is 34.3. The van der Waals surface area contributed by atoms with Crippen LogP contribution in [0.1, 0.15) is 27.2 Å². The fourth-order valence-corrected chi connectivity index (χ4v) is 4.73. The topological polar surface area (TPSA) is 58.6 Å². The highest BCUT2D eigenvalue weighted by atomic mass is 32.2. The molecule has 0 saturated carbocycles. The Balaban J connectivity index is 1.74. The van der Waals surface area contributed by atoms with Gasteiger partial charge in [-0.2, -0.15) is 0 Å². The number of hydrogen-bond donors (Lipinski definition) is 1. The average Bonchev–Trinajstić information content (AvgIpc) is 2.87. The number of sulfonamides is 1. The molecule has 1 aliphatic rings. The number of nitrogens with one attached hydrogen (secondary N) is 1. The van der Waals surface area contributed by atoms with E-state index in [-0.39, 0.29) is 18.4 Å². The molecule has 0 bridgehead atoms. The van der Waals surface area contributed by atoms with Crippen LogP contribution in [0.4, 0.5) is 0 Å². The smallest absolute Gasteiger partial charge is 0.241 e. The SMILES string of the molecule is CCCN1C[C@H](CNS(=O)(=O)c2cccc3ccccc23)OC1(C)C. The van der Waals surface area contributed by atoms with Crippen molar-refractivity contribution in [1.29, 1.82) is 0 Å². The molecule has 0 amide bonds. The van der Waals surface area contributed by atoms with E-state index in [4.69, 9.17) is 4.74 Å². The summed E-state index contributed by atoms with van der Waals surface area (Å²) in [6, 6.07) is 12.8. The van der Waals surface area contributed by atoms with Crippen molar-refractivity contribution in [1.82, 2.24) is 9.62 Å². The summed E-state index contributed by atoms with van der Waals surface area (Å²) in [5.41, 5.74) is -0.356. The molecule has 136 valence electrons. The van der Waals surface area contributed by atoms with E-state index in [1.54, 1.807) is 12.1 Å². The third-order valence-corrected chi connectivity index (χ3v) is 6.16. The van der Waals surface area contributed by atoms with Crippen molar-refractivity contribution in [2.45, 2.75) is 43.9 Å². The van der Waals surface area contributed by atoms with E-state index >= 15 is 0 Å². The second kappa shape index (κ2) is 7.03. The van der Waals surface area contributed by atoms with Gasteiger partial charge in [-0.3, -0.25) is 4.90 Å². The van der Waals surface area contributed by atoms with Crippen molar-refractivity contribution in [2.75, 3.05) is 19.6 Å². The second-order valence-corrected chi connectivity index (χ2v) is 8.70. The van der Waals surface area contributed by atoms with Gasteiger partial charge in [0.2, 0.25) is 10.0 Å². The van der Waals surface area contributed by atoms with E-state index in [2.05, 4.69) is 16.5 Å². The van der Waals surface area contributed by atoms with Crippen molar-refractivity contribution >= 4 is 20.8 Å². The maximum atomic E-state index is 12.8. The van der Waals surface area contributed by atoms with Crippen LogP contribution < -0.4 is 4.72 Å². The van der Waals surface area contributed by atoms with Crippen molar-refractivity contribution in [2.24, 2.45) is 0 Å². The Hall–Kier alpha value is -1.47. The monoisotopic (exact) mass is 362 g/mol. The molecule has 1 heterocycles. The molecule has 1 N–H and O–H groups in total. The maximum Gasteiger partial charge on any atom is 0.241 e. The molecule has 0 aliphatic carbocycles. The van der Waals surface area contributed by atoms with Crippen LogP contribution in [0.15, 0.2) is 47.4 Å². The fourth-order valence-electron chi connectivity index (χ4n) is 3.43. The van der Waals surface area contributed by atoms with E-state index in [0.717, 1.165) is 30.3 Å². The number of rotatable bonds is 6. The Morgan fingerprint density at radius 3 is 2.68 bits per heavy atom. The Morgan fingerprint density at radius 1 is 1.20 bits per heavy atom. The zero-order chi connectivity index (χ0) is 18.1. The van der Waals surface area contributed by atoms with Gasteiger partial charge in [0.15, 0.2) is 0 Å². The van der Waals surface area contributed by atoms with E-state index < -0.39 is 10.0 Å². The molecule has 1 fully saturated rings. The second-order valence-electron chi connectivity index (χ2n) is 6.96. The molecule has 5 nitrogen and oxygen atoms in total. The van der Waals surface area contributed by atoms with Crippen LogP contribution in [0.5, 0.6) is 0 Å². The third-order valence-electron chi connectivity index (χ3n) is 4.67. The Kier molecular flexibility index (Phi) is 5.16. The van der Waals surface area contributed by atoms with Gasteiger partial charge in [0, 0.05) is 25.0 Å².